The zero-order valence-electron chi connectivity index (χ0n) is 11.3. The van der Waals surface area contributed by atoms with E-state index in [0.29, 0.717) is 18.4 Å². The van der Waals surface area contributed by atoms with E-state index in [1.165, 1.54) is 19.3 Å². The molecule has 1 saturated carbocycles. The summed E-state index contributed by atoms with van der Waals surface area (Å²) in [4.78, 5) is 10.8. The van der Waals surface area contributed by atoms with E-state index >= 15 is 0 Å². The van der Waals surface area contributed by atoms with E-state index < -0.39 is 5.97 Å². The molecule has 19 heavy (non-hydrogen) atoms. The van der Waals surface area contributed by atoms with E-state index in [4.69, 9.17) is 9.84 Å². The number of carbonyl (C=O) groups is 1. The predicted molar refractivity (Wildman–Crippen MR) is 73.7 cm³/mol. The van der Waals surface area contributed by atoms with Gasteiger partial charge < -0.3 is 15.2 Å². The van der Waals surface area contributed by atoms with Crippen molar-refractivity contribution in [1.82, 2.24) is 5.32 Å². The Hall–Kier alpha value is -1.55. The number of carboxylic acids is 1. The maximum absolute atomic E-state index is 10.8. The Morgan fingerprint density at radius 3 is 3.11 bits per heavy atom. The molecular weight excluding hydrogens is 242 g/mol. The highest BCUT2D eigenvalue weighted by atomic mass is 16.5. The van der Waals surface area contributed by atoms with Gasteiger partial charge in [-0.3, -0.25) is 0 Å². The first-order chi connectivity index (χ1) is 9.20. The second-order valence-corrected chi connectivity index (χ2v) is 5.03. The molecule has 0 saturated heterocycles. The van der Waals surface area contributed by atoms with Crippen LogP contribution in [0.3, 0.4) is 0 Å². The summed E-state index contributed by atoms with van der Waals surface area (Å²) in [7, 11) is 0. The molecule has 1 fully saturated rings. The SMILES string of the molecule is CCCC1CC1NCCOc1cccc(C(=O)O)c1. The number of hydrogen-bond acceptors (Lipinski definition) is 3. The lowest BCUT2D eigenvalue weighted by atomic mass is 10.2. The van der Waals surface area contributed by atoms with Gasteiger partial charge in [0.15, 0.2) is 0 Å². The van der Waals surface area contributed by atoms with Gasteiger partial charge in [0.1, 0.15) is 12.4 Å². The van der Waals surface area contributed by atoms with Gasteiger partial charge in [-0.05, 0) is 37.0 Å². The van der Waals surface area contributed by atoms with Gasteiger partial charge in [-0.2, -0.15) is 0 Å². The molecule has 0 heterocycles. The fourth-order valence-corrected chi connectivity index (χ4v) is 2.32. The summed E-state index contributed by atoms with van der Waals surface area (Å²) in [6.45, 7) is 3.59. The maximum Gasteiger partial charge on any atom is 0.335 e. The largest absolute Gasteiger partial charge is 0.492 e. The summed E-state index contributed by atoms with van der Waals surface area (Å²) in [5.74, 6) is 0.534. The summed E-state index contributed by atoms with van der Waals surface area (Å²) in [6, 6.07) is 7.26. The zero-order valence-corrected chi connectivity index (χ0v) is 11.3. The van der Waals surface area contributed by atoms with Gasteiger partial charge in [-0.15, -0.1) is 0 Å². The van der Waals surface area contributed by atoms with Gasteiger partial charge >= 0.3 is 5.97 Å². The molecule has 2 atom stereocenters. The highest BCUT2D eigenvalue weighted by Crippen LogP contribution is 2.34. The second-order valence-electron chi connectivity index (χ2n) is 5.03. The van der Waals surface area contributed by atoms with Crippen LogP contribution in [0, 0.1) is 5.92 Å². The van der Waals surface area contributed by atoms with Crippen molar-refractivity contribution in [2.45, 2.75) is 32.2 Å². The van der Waals surface area contributed by atoms with Crippen molar-refractivity contribution in [1.29, 1.82) is 0 Å². The van der Waals surface area contributed by atoms with Crippen LogP contribution in [0.15, 0.2) is 24.3 Å². The van der Waals surface area contributed by atoms with Crippen LogP contribution in [-0.4, -0.2) is 30.3 Å². The number of nitrogens with one attached hydrogen (secondary N) is 1. The van der Waals surface area contributed by atoms with Crippen LogP contribution in [0.5, 0.6) is 5.75 Å². The van der Waals surface area contributed by atoms with E-state index in [1.807, 2.05) is 0 Å². The monoisotopic (exact) mass is 263 g/mol. The Labute approximate surface area is 113 Å². The third-order valence-corrected chi connectivity index (χ3v) is 3.44. The molecule has 4 heteroatoms. The fourth-order valence-electron chi connectivity index (χ4n) is 2.32. The molecule has 1 aliphatic rings. The van der Waals surface area contributed by atoms with Crippen LogP contribution in [0.25, 0.3) is 0 Å². The molecule has 0 spiro atoms. The molecule has 2 N–H and O–H groups in total. The summed E-state index contributed by atoms with van der Waals surface area (Å²) in [5.41, 5.74) is 0.260. The molecule has 0 aromatic heterocycles. The van der Waals surface area contributed by atoms with Crippen LogP contribution in [0.1, 0.15) is 36.5 Å². The van der Waals surface area contributed by atoms with Crippen molar-refractivity contribution in [2.75, 3.05) is 13.2 Å². The number of carboxylic acid groups (broad SMARTS) is 1. The molecular formula is C15H21NO3. The van der Waals surface area contributed by atoms with Crippen molar-refractivity contribution in [3.63, 3.8) is 0 Å². The van der Waals surface area contributed by atoms with Gasteiger partial charge in [0.05, 0.1) is 5.56 Å². The van der Waals surface area contributed by atoms with Gasteiger partial charge in [-0.1, -0.05) is 19.4 Å². The minimum Gasteiger partial charge on any atom is -0.492 e. The van der Waals surface area contributed by atoms with E-state index in [-0.39, 0.29) is 5.56 Å². The Balaban J connectivity index is 1.66. The van der Waals surface area contributed by atoms with Gasteiger partial charge in [-0.25, -0.2) is 4.79 Å². The number of ether oxygens (including phenoxy) is 1. The van der Waals surface area contributed by atoms with Gasteiger partial charge in [0.25, 0.3) is 0 Å². The van der Waals surface area contributed by atoms with Crippen molar-refractivity contribution < 1.29 is 14.6 Å². The van der Waals surface area contributed by atoms with E-state index in [0.717, 1.165) is 12.5 Å². The van der Waals surface area contributed by atoms with E-state index in [9.17, 15) is 4.79 Å². The number of aromatic carboxylic acids is 1. The average molecular weight is 263 g/mol. The molecule has 0 bridgehead atoms. The quantitative estimate of drug-likeness (QED) is 0.708. The lowest BCUT2D eigenvalue weighted by Gasteiger charge is -2.08. The molecule has 0 aliphatic heterocycles. The third kappa shape index (κ3) is 4.24. The smallest absolute Gasteiger partial charge is 0.335 e. The first-order valence-corrected chi connectivity index (χ1v) is 6.90. The van der Waals surface area contributed by atoms with Gasteiger partial charge in [0, 0.05) is 12.6 Å². The van der Waals surface area contributed by atoms with Crippen molar-refractivity contribution in [3.8, 4) is 5.75 Å². The molecule has 1 aromatic rings. The first-order valence-electron chi connectivity index (χ1n) is 6.90. The minimum absolute atomic E-state index is 0.260. The first kappa shape index (κ1) is 13.9. The molecule has 4 nitrogen and oxygen atoms in total. The van der Waals surface area contributed by atoms with Crippen molar-refractivity contribution in [3.05, 3.63) is 29.8 Å². The molecule has 1 aromatic carbocycles. The van der Waals surface area contributed by atoms with Crippen LogP contribution in [0.2, 0.25) is 0 Å². The molecule has 2 unspecified atom stereocenters. The Morgan fingerprint density at radius 2 is 2.37 bits per heavy atom. The predicted octanol–water partition coefficient (Wildman–Crippen LogP) is 2.54. The standard InChI is InChI=1S/C15H21NO3/c1-2-4-11-10-14(11)16-7-8-19-13-6-3-5-12(9-13)15(17)18/h3,5-6,9,11,14,16H,2,4,7-8,10H2,1H3,(H,17,18). The normalized spacial score (nSPS) is 21.1. The van der Waals surface area contributed by atoms with Crippen LogP contribution in [-0.2, 0) is 0 Å². The molecule has 104 valence electrons. The lowest BCUT2D eigenvalue weighted by Crippen LogP contribution is -2.24. The summed E-state index contributed by atoms with van der Waals surface area (Å²) >= 11 is 0. The Morgan fingerprint density at radius 1 is 1.53 bits per heavy atom. The Kier molecular flexibility index (Phi) is 4.80. The summed E-state index contributed by atoms with van der Waals surface area (Å²) < 4.78 is 5.54. The van der Waals surface area contributed by atoms with Crippen LogP contribution in [0.4, 0.5) is 0 Å². The summed E-state index contributed by atoms with van der Waals surface area (Å²) in [5, 5.41) is 12.3. The van der Waals surface area contributed by atoms with E-state index in [1.54, 1.807) is 24.3 Å². The van der Waals surface area contributed by atoms with Gasteiger partial charge in [0.2, 0.25) is 0 Å². The van der Waals surface area contributed by atoms with Crippen LogP contribution >= 0.6 is 0 Å². The number of rotatable bonds is 8. The maximum atomic E-state index is 10.8. The van der Waals surface area contributed by atoms with Crippen molar-refractivity contribution >= 4 is 5.97 Å². The third-order valence-electron chi connectivity index (χ3n) is 3.44. The fraction of sp³-hybridized carbons (Fsp3) is 0.533. The minimum atomic E-state index is -0.927. The number of hydrogen-bond donors (Lipinski definition) is 2. The highest BCUT2D eigenvalue weighted by Gasteiger charge is 2.34. The average Bonchev–Trinajstić information content (AvgIpc) is 3.14. The molecule has 0 radical (unpaired) electrons. The Bertz CT molecular complexity index is 433. The topological polar surface area (TPSA) is 58.6 Å². The lowest BCUT2D eigenvalue weighted by molar-refractivity contribution is 0.0696. The molecule has 1 aliphatic carbocycles. The van der Waals surface area contributed by atoms with E-state index in [2.05, 4.69) is 12.2 Å². The zero-order chi connectivity index (χ0) is 13.7. The van der Waals surface area contributed by atoms with Crippen LogP contribution < -0.4 is 10.1 Å². The summed E-state index contributed by atoms with van der Waals surface area (Å²) in [6.07, 6.45) is 3.84. The van der Waals surface area contributed by atoms with Crippen molar-refractivity contribution in [2.24, 2.45) is 5.92 Å². The molecule has 2 rings (SSSR count). The highest BCUT2D eigenvalue weighted by molar-refractivity contribution is 5.87. The number of benzene rings is 1. The second kappa shape index (κ2) is 6.57. The molecule has 0 amide bonds.